The second-order valence-corrected chi connectivity index (χ2v) is 4.67. The first-order valence-corrected chi connectivity index (χ1v) is 5.81. The molecule has 0 aromatic carbocycles. The smallest absolute Gasteiger partial charge is 0.323 e. The second kappa shape index (κ2) is 6.14. The summed E-state index contributed by atoms with van der Waals surface area (Å²) in [7, 11) is 0. The van der Waals surface area contributed by atoms with Crippen molar-refractivity contribution >= 4 is 28.5 Å². The molecule has 2 amide bonds. The zero-order valence-corrected chi connectivity index (χ0v) is 10.4. The minimum atomic E-state index is -1.04. The Bertz CT molecular complexity index is 380. The van der Waals surface area contributed by atoms with Crippen LogP contribution in [-0.2, 0) is 4.79 Å². The standard InChI is InChI=1S/C9H14N4O3S/c1-6(2)4-13(5-8(14)15)9(16)11-7-3-10-12-17-7/h3,6H,4-5H2,1-2H3,(H,11,16)(H,14,15). The summed E-state index contributed by atoms with van der Waals surface area (Å²) in [4.78, 5) is 23.7. The lowest BCUT2D eigenvalue weighted by atomic mass is 10.2. The number of carbonyl (C=O) groups excluding carboxylic acids is 1. The Balaban J connectivity index is 2.61. The molecule has 7 nitrogen and oxygen atoms in total. The molecule has 0 aliphatic rings. The third-order valence-electron chi connectivity index (χ3n) is 1.79. The first-order valence-electron chi connectivity index (χ1n) is 5.04. The molecule has 0 atom stereocenters. The van der Waals surface area contributed by atoms with Gasteiger partial charge in [-0.25, -0.2) is 4.79 Å². The van der Waals surface area contributed by atoms with E-state index in [1.54, 1.807) is 0 Å². The number of urea groups is 1. The van der Waals surface area contributed by atoms with Gasteiger partial charge in [0.1, 0.15) is 11.5 Å². The number of rotatable bonds is 5. The SMILES string of the molecule is CC(C)CN(CC(=O)O)C(=O)Nc1cnns1. The van der Waals surface area contributed by atoms with Gasteiger partial charge in [0.2, 0.25) is 0 Å². The average Bonchev–Trinajstić information content (AvgIpc) is 2.67. The van der Waals surface area contributed by atoms with E-state index in [0.717, 1.165) is 11.5 Å². The van der Waals surface area contributed by atoms with Crippen molar-refractivity contribution in [1.29, 1.82) is 0 Å². The lowest BCUT2D eigenvalue weighted by Gasteiger charge is -2.22. The summed E-state index contributed by atoms with van der Waals surface area (Å²) in [5, 5.41) is 15.3. The lowest BCUT2D eigenvalue weighted by Crippen LogP contribution is -2.40. The zero-order valence-electron chi connectivity index (χ0n) is 9.58. The summed E-state index contributed by atoms with van der Waals surface area (Å²) in [6.07, 6.45) is 1.41. The summed E-state index contributed by atoms with van der Waals surface area (Å²) < 4.78 is 3.60. The molecular formula is C9H14N4O3S. The van der Waals surface area contributed by atoms with Crippen LogP contribution in [0.3, 0.4) is 0 Å². The number of hydrogen-bond acceptors (Lipinski definition) is 5. The van der Waals surface area contributed by atoms with Gasteiger partial charge < -0.3 is 10.0 Å². The number of aliphatic carboxylic acids is 1. The fraction of sp³-hybridized carbons (Fsp3) is 0.556. The molecule has 0 unspecified atom stereocenters. The van der Waals surface area contributed by atoms with Crippen LogP contribution in [0.25, 0.3) is 0 Å². The van der Waals surface area contributed by atoms with Crippen molar-refractivity contribution in [3.05, 3.63) is 6.20 Å². The number of anilines is 1. The predicted molar refractivity (Wildman–Crippen MR) is 63.0 cm³/mol. The van der Waals surface area contributed by atoms with Crippen LogP contribution in [0.2, 0.25) is 0 Å². The molecule has 1 aromatic heterocycles. The normalized spacial score (nSPS) is 10.3. The van der Waals surface area contributed by atoms with Crippen LogP contribution in [0.1, 0.15) is 13.8 Å². The van der Waals surface area contributed by atoms with E-state index in [2.05, 4.69) is 14.9 Å². The van der Waals surface area contributed by atoms with Gasteiger partial charge in [0.15, 0.2) is 0 Å². The molecule has 0 aliphatic heterocycles. The van der Waals surface area contributed by atoms with Gasteiger partial charge in [-0.1, -0.05) is 18.3 Å². The van der Waals surface area contributed by atoms with Gasteiger partial charge in [-0.15, -0.1) is 5.10 Å². The summed E-state index contributed by atoms with van der Waals surface area (Å²) in [5.41, 5.74) is 0. The molecule has 0 saturated carbocycles. The van der Waals surface area contributed by atoms with Gasteiger partial charge >= 0.3 is 12.0 Å². The molecule has 0 radical (unpaired) electrons. The average molecular weight is 258 g/mol. The van der Waals surface area contributed by atoms with Crippen molar-refractivity contribution in [2.75, 3.05) is 18.4 Å². The van der Waals surface area contributed by atoms with Gasteiger partial charge in [0, 0.05) is 18.1 Å². The fourth-order valence-electron chi connectivity index (χ4n) is 1.23. The number of carboxylic acids is 1. The molecule has 17 heavy (non-hydrogen) atoms. The van der Waals surface area contributed by atoms with E-state index in [1.807, 2.05) is 13.8 Å². The van der Waals surface area contributed by atoms with Crippen molar-refractivity contribution in [2.24, 2.45) is 5.92 Å². The maximum atomic E-state index is 11.8. The van der Waals surface area contributed by atoms with E-state index in [4.69, 9.17) is 5.11 Å². The summed E-state index contributed by atoms with van der Waals surface area (Å²) in [6.45, 7) is 3.88. The van der Waals surface area contributed by atoms with E-state index >= 15 is 0 Å². The van der Waals surface area contributed by atoms with Gasteiger partial charge in [0.25, 0.3) is 0 Å². The molecular weight excluding hydrogens is 244 g/mol. The van der Waals surface area contributed by atoms with E-state index in [0.29, 0.717) is 11.5 Å². The quantitative estimate of drug-likeness (QED) is 0.825. The highest BCUT2D eigenvalue weighted by Gasteiger charge is 2.18. The molecule has 0 bridgehead atoms. The number of nitrogens with one attached hydrogen (secondary N) is 1. The van der Waals surface area contributed by atoms with Crippen LogP contribution in [0.15, 0.2) is 6.20 Å². The molecule has 1 aromatic rings. The Kier molecular flexibility index (Phi) is 4.83. The molecule has 0 aliphatic carbocycles. The van der Waals surface area contributed by atoms with Gasteiger partial charge in [-0.2, -0.15) is 0 Å². The minimum Gasteiger partial charge on any atom is -0.480 e. The van der Waals surface area contributed by atoms with Crippen molar-refractivity contribution in [1.82, 2.24) is 14.5 Å². The Labute approximate surface area is 103 Å². The Morgan fingerprint density at radius 3 is 2.76 bits per heavy atom. The topological polar surface area (TPSA) is 95.4 Å². The second-order valence-electron chi connectivity index (χ2n) is 3.88. The van der Waals surface area contributed by atoms with Crippen LogP contribution in [0.4, 0.5) is 9.80 Å². The van der Waals surface area contributed by atoms with E-state index < -0.39 is 12.0 Å². The van der Waals surface area contributed by atoms with Crippen molar-refractivity contribution < 1.29 is 14.7 Å². The van der Waals surface area contributed by atoms with Crippen LogP contribution < -0.4 is 5.32 Å². The van der Waals surface area contributed by atoms with E-state index in [9.17, 15) is 9.59 Å². The summed E-state index contributed by atoms with van der Waals surface area (Å²) >= 11 is 1.04. The minimum absolute atomic E-state index is 0.194. The highest BCUT2D eigenvalue weighted by atomic mass is 32.1. The molecule has 2 N–H and O–H groups in total. The molecule has 0 spiro atoms. The molecule has 94 valence electrons. The molecule has 1 heterocycles. The Morgan fingerprint density at radius 1 is 1.59 bits per heavy atom. The van der Waals surface area contributed by atoms with Crippen molar-refractivity contribution in [2.45, 2.75) is 13.8 Å². The number of nitrogens with zero attached hydrogens (tertiary/aromatic N) is 3. The number of aromatic nitrogens is 2. The van der Waals surface area contributed by atoms with Crippen LogP contribution >= 0.6 is 11.5 Å². The molecule has 0 saturated heterocycles. The van der Waals surface area contributed by atoms with Crippen molar-refractivity contribution in [3.63, 3.8) is 0 Å². The van der Waals surface area contributed by atoms with Crippen LogP contribution in [-0.4, -0.2) is 44.7 Å². The van der Waals surface area contributed by atoms with Crippen molar-refractivity contribution in [3.8, 4) is 0 Å². The van der Waals surface area contributed by atoms with Crippen LogP contribution in [0.5, 0.6) is 0 Å². The number of carbonyl (C=O) groups is 2. The lowest BCUT2D eigenvalue weighted by molar-refractivity contribution is -0.137. The summed E-state index contributed by atoms with van der Waals surface area (Å²) in [6, 6.07) is -0.452. The number of carboxylic acid groups (broad SMARTS) is 1. The molecule has 8 heteroatoms. The first kappa shape index (κ1) is 13.4. The molecule has 0 fully saturated rings. The summed E-state index contributed by atoms with van der Waals surface area (Å²) in [5.74, 6) is -0.845. The van der Waals surface area contributed by atoms with Crippen LogP contribution in [0, 0.1) is 5.92 Å². The predicted octanol–water partition coefficient (Wildman–Crippen LogP) is 1.11. The van der Waals surface area contributed by atoms with E-state index in [1.165, 1.54) is 11.1 Å². The highest BCUT2D eigenvalue weighted by molar-refractivity contribution is 7.10. The first-order chi connectivity index (χ1) is 7.99. The largest absolute Gasteiger partial charge is 0.480 e. The number of amides is 2. The Morgan fingerprint density at radius 2 is 2.29 bits per heavy atom. The fourth-order valence-corrected chi connectivity index (χ4v) is 1.64. The zero-order chi connectivity index (χ0) is 12.8. The maximum Gasteiger partial charge on any atom is 0.323 e. The monoisotopic (exact) mass is 258 g/mol. The van der Waals surface area contributed by atoms with Gasteiger partial charge in [-0.05, 0) is 5.92 Å². The van der Waals surface area contributed by atoms with E-state index in [-0.39, 0.29) is 12.5 Å². The van der Waals surface area contributed by atoms with Gasteiger partial charge in [0.05, 0.1) is 6.20 Å². The molecule has 1 rings (SSSR count). The van der Waals surface area contributed by atoms with Gasteiger partial charge in [-0.3, -0.25) is 10.1 Å². The maximum absolute atomic E-state index is 11.8. The highest BCUT2D eigenvalue weighted by Crippen LogP contribution is 2.11. The third kappa shape index (κ3) is 4.77. The number of hydrogen-bond donors (Lipinski definition) is 2. The third-order valence-corrected chi connectivity index (χ3v) is 2.37. The Hall–Kier alpha value is -1.70.